The van der Waals surface area contributed by atoms with Crippen LogP contribution in [0.15, 0.2) is 71.3 Å². The van der Waals surface area contributed by atoms with Crippen LogP contribution in [0.3, 0.4) is 0 Å². The van der Waals surface area contributed by atoms with E-state index in [4.69, 9.17) is 13.9 Å². The maximum atomic E-state index is 13.0. The smallest absolute Gasteiger partial charge is 0.339 e. The van der Waals surface area contributed by atoms with Gasteiger partial charge in [-0.15, -0.1) is 0 Å². The van der Waals surface area contributed by atoms with E-state index in [9.17, 15) is 19.2 Å². The van der Waals surface area contributed by atoms with Gasteiger partial charge in [0, 0.05) is 13.0 Å². The molecule has 0 saturated carbocycles. The summed E-state index contributed by atoms with van der Waals surface area (Å²) in [5.41, 5.74) is 2.24. The van der Waals surface area contributed by atoms with E-state index in [0.29, 0.717) is 0 Å². The highest BCUT2D eigenvalue weighted by Crippen LogP contribution is 2.26. The van der Waals surface area contributed by atoms with Gasteiger partial charge in [0.1, 0.15) is 6.04 Å². The van der Waals surface area contributed by atoms with Crippen LogP contribution in [-0.2, 0) is 32.0 Å². The molecule has 34 heavy (non-hydrogen) atoms. The van der Waals surface area contributed by atoms with Gasteiger partial charge in [0.25, 0.3) is 11.8 Å². The van der Waals surface area contributed by atoms with E-state index in [0.717, 1.165) is 11.1 Å². The average molecular weight is 462 g/mol. The van der Waals surface area contributed by atoms with Crippen LogP contribution < -0.4 is 5.32 Å². The van der Waals surface area contributed by atoms with Gasteiger partial charge in [0.2, 0.25) is 0 Å². The maximum Gasteiger partial charge on any atom is 0.339 e. The quantitative estimate of drug-likeness (QED) is 0.560. The Bertz CT molecular complexity index is 1220. The average Bonchev–Trinajstić information content (AvgIpc) is 3.41. The zero-order valence-corrected chi connectivity index (χ0v) is 18.4. The number of amides is 2. The Labute approximate surface area is 195 Å². The Kier molecular flexibility index (Phi) is 6.72. The Morgan fingerprint density at radius 3 is 2.47 bits per heavy atom. The molecule has 2 heterocycles. The molecule has 1 N–H and O–H groups in total. The number of ether oxygens (including phenoxy) is 2. The number of carbonyl (C=O) groups excluding carboxylic acids is 4. The summed E-state index contributed by atoms with van der Waals surface area (Å²) in [7, 11) is 1.24. The molecule has 0 bridgehead atoms. The maximum absolute atomic E-state index is 13.0. The summed E-state index contributed by atoms with van der Waals surface area (Å²) in [6.07, 6.45) is 1.63. The summed E-state index contributed by atoms with van der Waals surface area (Å²) in [6.45, 7) is -0.385. The van der Waals surface area contributed by atoms with Gasteiger partial charge in [0.15, 0.2) is 12.4 Å². The SMILES string of the molecule is COC(=O)c1ccccc1NC(=O)COC(=O)[C@@H]1Cc2ccccc2CN1C(=O)c1ccco1. The number of carbonyl (C=O) groups is 4. The number of methoxy groups -OCH3 is 1. The zero-order chi connectivity index (χ0) is 24.1. The second-order valence-corrected chi connectivity index (χ2v) is 7.59. The fraction of sp³-hybridized carbons (Fsp3) is 0.200. The van der Waals surface area contributed by atoms with Crippen LogP contribution in [0.1, 0.15) is 32.0 Å². The predicted octanol–water partition coefficient (Wildman–Crippen LogP) is 2.82. The van der Waals surface area contributed by atoms with Gasteiger partial charge in [-0.1, -0.05) is 36.4 Å². The highest BCUT2D eigenvalue weighted by atomic mass is 16.5. The van der Waals surface area contributed by atoms with Crippen LogP contribution in [0.5, 0.6) is 0 Å². The molecule has 0 spiro atoms. The van der Waals surface area contributed by atoms with Crippen molar-refractivity contribution in [3.05, 3.63) is 89.4 Å². The molecule has 1 atom stereocenters. The highest BCUT2D eigenvalue weighted by Gasteiger charge is 2.37. The first kappa shape index (κ1) is 22.8. The van der Waals surface area contributed by atoms with E-state index in [1.807, 2.05) is 24.3 Å². The first-order valence-corrected chi connectivity index (χ1v) is 10.5. The van der Waals surface area contributed by atoms with E-state index in [2.05, 4.69) is 5.32 Å². The number of nitrogens with zero attached hydrogens (tertiary/aromatic N) is 1. The number of esters is 2. The molecule has 9 nitrogen and oxygen atoms in total. The minimum Gasteiger partial charge on any atom is -0.465 e. The molecule has 1 aliphatic rings. The van der Waals surface area contributed by atoms with E-state index in [-0.39, 0.29) is 30.0 Å². The van der Waals surface area contributed by atoms with Gasteiger partial charge >= 0.3 is 11.9 Å². The second kappa shape index (κ2) is 10.0. The molecule has 174 valence electrons. The summed E-state index contributed by atoms with van der Waals surface area (Å²) in [4.78, 5) is 51.7. The van der Waals surface area contributed by atoms with Crippen LogP contribution in [0.4, 0.5) is 5.69 Å². The number of hydrogen-bond donors (Lipinski definition) is 1. The zero-order valence-electron chi connectivity index (χ0n) is 18.4. The number of para-hydroxylation sites is 1. The monoisotopic (exact) mass is 462 g/mol. The molecule has 0 radical (unpaired) electrons. The minimum absolute atomic E-state index is 0.106. The summed E-state index contributed by atoms with van der Waals surface area (Å²) in [5, 5.41) is 2.54. The van der Waals surface area contributed by atoms with Gasteiger partial charge in [-0.05, 0) is 35.4 Å². The van der Waals surface area contributed by atoms with Crippen LogP contribution in [0.2, 0.25) is 0 Å². The van der Waals surface area contributed by atoms with Gasteiger partial charge in [-0.25, -0.2) is 9.59 Å². The molecular weight excluding hydrogens is 440 g/mol. The molecule has 3 aromatic rings. The van der Waals surface area contributed by atoms with Crippen molar-refractivity contribution in [2.45, 2.75) is 19.0 Å². The lowest BCUT2D eigenvalue weighted by Gasteiger charge is -2.34. The standard InChI is InChI=1S/C25H22N2O7/c1-32-24(30)18-9-4-5-10-19(18)26-22(28)15-34-25(31)20-13-16-7-2-3-8-17(16)14-27(20)23(29)21-11-6-12-33-21/h2-12,20H,13-15H2,1H3,(H,26,28)/t20-/m0/s1. The fourth-order valence-electron chi connectivity index (χ4n) is 3.79. The number of anilines is 1. The normalized spacial score (nSPS) is 14.6. The van der Waals surface area contributed by atoms with Crippen molar-refractivity contribution in [3.63, 3.8) is 0 Å². The van der Waals surface area contributed by atoms with Gasteiger partial charge in [-0.3, -0.25) is 9.59 Å². The molecular formula is C25H22N2O7. The van der Waals surface area contributed by atoms with Crippen molar-refractivity contribution in [2.75, 3.05) is 19.0 Å². The molecule has 0 saturated heterocycles. The molecule has 0 fully saturated rings. The number of hydrogen-bond acceptors (Lipinski definition) is 7. The Morgan fingerprint density at radius 1 is 1.00 bits per heavy atom. The lowest BCUT2D eigenvalue weighted by molar-refractivity contribution is -0.152. The number of fused-ring (bicyclic) bond motifs is 1. The Hall–Kier alpha value is -4.40. The predicted molar refractivity (Wildman–Crippen MR) is 120 cm³/mol. The molecule has 2 aromatic carbocycles. The summed E-state index contributed by atoms with van der Waals surface area (Å²) < 4.78 is 15.2. The lowest BCUT2D eigenvalue weighted by Crippen LogP contribution is -2.49. The van der Waals surface area contributed by atoms with E-state index < -0.39 is 36.4 Å². The minimum atomic E-state index is -0.928. The molecule has 9 heteroatoms. The third-order valence-electron chi connectivity index (χ3n) is 5.47. The number of furan rings is 1. The van der Waals surface area contributed by atoms with E-state index in [1.54, 1.807) is 18.2 Å². The molecule has 4 rings (SSSR count). The first-order chi connectivity index (χ1) is 16.5. The third kappa shape index (κ3) is 4.83. The summed E-state index contributed by atoms with van der Waals surface area (Å²) in [5.74, 6) is -2.30. The topological polar surface area (TPSA) is 115 Å². The number of nitrogens with one attached hydrogen (secondary N) is 1. The Morgan fingerprint density at radius 2 is 1.74 bits per heavy atom. The van der Waals surface area contributed by atoms with Crippen molar-refractivity contribution in [2.24, 2.45) is 0 Å². The summed E-state index contributed by atoms with van der Waals surface area (Å²) >= 11 is 0. The molecule has 0 aliphatic carbocycles. The lowest BCUT2D eigenvalue weighted by atomic mass is 9.93. The van der Waals surface area contributed by atoms with Gasteiger partial charge < -0.3 is 24.1 Å². The highest BCUT2D eigenvalue weighted by molar-refractivity contribution is 6.02. The Balaban J connectivity index is 1.46. The van der Waals surface area contributed by atoms with Crippen molar-refractivity contribution < 1.29 is 33.1 Å². The molecule has 1 aromatic heterocycles. The van der Waals surface area contributed by atoms with E-state index >= 15 is 0 Å². The van der Waals surface area contributed by atoms with Crippen molar-refractivity contribution in [1.29, 1.82) is 0 Å². The molecule has 1 aliphatic heterocycles. The molecule has 0 unspecified atom stereocenters. The first-order valence-electron chi connectivity index (χ1n) is 10.5. The number of rotatable bonds is 6. The van der Waals surface area contributed by atoms with Gasteiger partial charge in [-0.2, -0.15) is 0 Å². The molecule has 2 amide bonds. The fourth-order valence-corrected chi connectivity index (χ4v) is 3.79. The third-order valence-corrected chi connectivity index (χ3v) is 5.47. The van der Waals surface area contributed by atoms with Gasteiger partial charge in [0.05, 0.1) is 24.6 Å². The summed E-state index contributed by atoms with van der Waals surface area (Å²) in [6, 6.07) is 16.0. The van der Waals surface area contributed by atoms with Crippen molar-refractivity contribution in [3.8, 4) is 0 Å². The van der Waals surface area contributed by atoms with Crippen molar-refractivity contribution in [1.82, 2.24) is 4.90 Å². The largest absolute Gasteiger partial charge is 0.465 e. The van der Waals surface area contributed by atoms with Crippen molar-refractivity contribution >= 4 is 29.4 Å². The van der Waals surface area contributed by atoms with Crippen LogP contribution in [0.25, 0.3) is 0 Å². The second-order valence-electron chi connectivity index (χ2n) is 7.59. The van der Waals surface area contributed by atoms with E-state index in [1.165, 1.54) is 36.5 Å². The number of benzene rings is 2. The van der Waals surface area contributed by atoms with Crippen LogP contribution in [-0.4, -0.2) is 48.4 Å². The van der Waals surface area contributed by atoms with Crippen LogP contribution in [0, 0.1) is 0 Å². The van der Waals surface area contributed by atoms with Crippen LogP contribution >= 0.6 is 0 Å².